The van der Waals surface area contributed by atoms with Gasteiger partial charge in [-0.2, -0.15) is 0 Å². The number of hydrogen-bond donors (Lipinski definition) is 0. The topological polar surface area (TPSA) is 29.5 Å². The highest BCUT2D eigenvalue weighted by atomic mass is 16.5. The van der Waals surface area contributed by atoms with Gasteiger partial charge >= 0.3 is 0 Å². The van der Waals surface area contributed by atoms with E-state index in [2.05, 4.69) is 30.0 Å². The molecule has 4 aliphatic rings. The van der Waals surface area contributed by atoms with E-state index in [4.69, 9.17) is 4.74 Å². The van der Waals surface area contributed by atoms with Crippen molar-refractivity contribution in [3.8, 4) is 5.75 Å². The Morgan fingerprint density at radius 2 is 2.11 bits per heavy atom. The summed E-state index contributed by atoms with van der Waals surface area (Å²) in [5, 5.41) is 0. The molecule has 0 spiro atoms. The normalized spacial score (nSPS) is 35.5. The second-order valence-electron chi connectivity index (χ2n) is 9.63. The second kappa shape index (κ2) is 6.62. The number of carbonyl (C=O) groups is 1. The van der Waals surface area contributed by atoms with Gasteiger partial charge in [-0.25, -0.2) is 0 Å². The summed E-state index contributed by atoms with van der Waals surface area (Å²) in [5.41, 5.74) is 2.98. The van der Waals surface area contributed by atoms with Crippen LogP contribution in [0, 0.1) is 17.8 Å². The van der Waals surface area contributed by atoms with Gasteiger partial charge in [-0.1, -0.05) is 19.4 Å². The molecule has 1 heterocycles. The largest absolute Gasteiger partial charge is 0.497 e. The monoisotopic (exact) mass is 367 g/mol. The average molecular weight is 368 g/mol. The van der Waals surface area contributed by atoms with Crippen molar-refractivity contribution in [1.29, 1.82) is 0 Å². The number of hydrogen-bond acceptors (Lipinski definition) is 3. The summed E-state index contributed by atoms with van der Waals surface area (Å²) in [7, 11) is 1.76. The van der Waals surface area contributed by atoms with Crippen LogP contribution in [-0.2, 0) is 16.6 Å². The Bertz CT molecular complexity index is 740. The number of methoxy groups -OCH3 is 1. The second-order valence-corrected chi connectivity index (χ2v) is 9.63. The zero-order valence-electron chi connectivity index (χ0n) is 16.9. The van der Waals surface area contributed by atoms with Crippen molar-refractivity contribution in [2.24, 2.45) is 17.8 Å². The first-order chi connectivity index (χ1) is 13.1. The van der Waals surface area contributed by atoms with E-state index in [0.29, 0.717) is 23.7 Å². The summed E-state index contributed by atoms with van der Waals surface area (Å²) < 4.78 is 5.58. The summed E-state index contributed by atoms with van der Waals surface area (Å²) >= 11 is 0. The number of piperidine rings is 1. The first-order valence-electron chi connectivity index (χ1n) is 11.1. The SMILES string of the molecule is CCC[C@H]1CC(=O)C[C@]23CCN(CC4CC4)[C@H](Cc4ccc(OC)cc42)[C@H]13. The highest BCUT2D eigenvalue weighted by molar-refractivity contribution is 5.82. The quantitative estimate of drug-likeness (QED) is 0.774. The van der Waals surface area contributed by atoms with Gasteiger partial charge in [0.25, 0.3) is 0 Å². The van der Waals surface area contributed by atoms with E-state index in [1.807, 2.05) is 0 Å². The molecular weight excluding hydrogens is 334 g/mol. The van der Waals surface area contributed by atoms with Gasteiger partial charge in [-0.05, 0) is 79.7 Å². The Hall–Kier alpha value is -1.35. The molecule has 0 aromatic heterocycles. The smallest absolute Gasteiger partial charge is 0.134 e. The first-order valence-corrected chi connectivity index (χ1v) is 11.1. The number of nitrogens with zero attached hydrogens (tertiary/aromatic N) is 1. The minimum absolute atomic E-state index is 0.0576. The maximum absolute atomic E-state index is 12.9. The fourth-order valence-corrected chi connectivity index (χ4v) is 6.81. The molecule has 0 N–H and O–H groups in total. The molecule has 0 radical (unpaired) electrons. The van der Waals surface area contributed by atoms with E-state index in [1.165, 1.54) is 49.9 Å². The number of fused-ring (bicyclic) bond motifs is 1. The Morgan fingerprint density at radius 3 is 2.85 bits per heavy atom. The van der Waals surface area contributed by atoms with E-state index in [0.717, 1.165) is 37.4 Å². The van der Waals surface area contributed by atoms with Crippen molar-refractivity contribution < 1.29 is 9.53 Å². The first kappa shape index (κ1) is 17.7. The molecule has 27 heavy (non-hydrogen) atoms. The van der Waals surface area contributed by atoms with Gasteiger partial charge in [0.1, 0.15) is 11.5 Å². The molecule has 3 fully saturated rings. The highest BCUT2D eigenvalue weighted by Crippen LogP contribution is 2.58. The third kappa shape index (κ3) is 2.85. The molecule has 0 unspecified atom stereocenters. The minimum Gasteiger partial charge on any atom is -0.497 e. The molecule has 1 aliphatic heterocycles. The molecular formula is C24H33NO2. The standard InChI is InChI=1S/C24H33NO2/c1-3-4-18-11-19(26)14-24-9-10-25(15-16-5-6-16)22(23(18)24)12-17-7-8-20(27-2)13-21(17)24/h7-8,13,16,18,22-23H,3-6,9-12,14-15H2,1-2H3/t18-,22+,23-,24+/m0/s1. The predicted octanol–water partition coefficient (Wildman–Crippen LogP) is 4.37. The van der Waals surface area contributed by atoms with Crippen molar-refractivity contribution in [3.05, 3.63) is 29.3 Å². The fraction of sp³-hybridized carbons (Fsp3) is 0.708. The van der Waals surface area contributed by atoms with Gasteiger partial charge in [0, 0.05) is 30.8 Å². The van der Waals surface area contributed by atoms with Crippen LogP contribution in [0.1, 0.15) is 63.0 Å². The van der Waals surface area contributed by atoms with Gasteiger partial charge in [0.2, 0.25) is 0 Å². The summed E-state index contributed by atoms with van der Waals surface area (Å²) in [6.07, 6.45) is 9.10. The number of carbonyl (C=O) groups excluding carboxylic acids is 1. The average Bonchev–Trinajstić information content (AvgIpc) is 3.47. The maximum atomic E-state index is 12.9. The lowest BCUT2D eigenvalue weighted by Gasteiger charge is -2.61. The summed E-state index contributed by atoms with van der Waals surface area (Å²) in [6.45, 7) is 4.74. The van der Waals surface area contributed by atoms with Crippen molar-refractivity contribution >= 4 is 5.78 Å². The highest BCUT2D eigenvalue weighted by Gasteiger charge is 2.58. The zero-order valence-corrected chi connectivity index (χ0v) is 16.9. The fourth-order valence-electron chi connectivity index (χ4n) is 6.81. The van der Waals surface area contributed by atoms with Crippen LogP contribution in [0.2, 0.25) is 0 Å². The van der Waals surface area contributed by atoms with Crippen molar-refractivity contribution in [1.82, 2.24) is 4.90 Å². The van der Waals surface area contributed by atoms with Crippen LogP contribution in [0.4, 0.5) is 0 Å². The molecule has 3 nitrogen and oxygen atoms in total. The van der Waals surface area contributed by atoms with Crippen molar-refractivity contribution in [2.75, 3.05) is 20.2 Å². The van der Waals surface area contributed by atoms with Gasteiger partial charge in [-0.15, -0.1) is 0 Å². The van der Waals surface area contributed by atoms with Gasteiger partial charge in [-0.3, -0.25) is 9.69 Å². The van der Waals surface area contributed by atoms with E-state index in [-0.39, 0.29) is 5.41 Å². The molecule has 146 valence electrons. The summed E-state index contributed by atoms with van der Waals surface area (Å²) in [5.74, 6) is 3.58. The lowest BCUT2D eigenvalue weighted by atomic mass is 9.48. The van der Waals surface area contributed by atoms with Crippen LogP contribution in [0.25, 0.3) is 0 Å². The van der Waals surface area contributed by atoms with E-state index in [9.17, 15) is 4.79 Å². The number of ketones is 1. The molecule has 2 bridgehead atoms. The Kier molecular flexibility index (Phi) is 4.34. The lowest BCUT2D eigenvalue weighted by Crippen LogP contribution is -2.64. The van der Waals surface area contributed by atoms with Gasteiger partial charge in [0.15, 0.2) is 0 Å². The number of ether oxygens (including phenoxy) is 1. The van der Waals surface area contributed by atoms with Crippen molar-refractivity contribution in [3.63, 3.8) is 0 Å². The number of likely N-dealkylation sites (tertiary alicyclic amines) is 1. The predicted molar refractivity (Wildman–Crippen MR) is 107 cm³/mol. The Labute approximate surface area is 163 Å². The molecule has 1 aromatic rings. The minimum atomic E-state index is 0.0576. The van der Waals surface area contributed by atoms with E-state index < -0.39 is 0 Å². The number of Topliss-reactive ketones (excluding diaryl/α,β-unsaturated/α-hetero) is 1. The zero-order chi connectivity index (χ0) is 18.6. The van der Waals surface area contributed by atoms with Gasteiger partial charge in [0.05, 0.1) is 7.11 Å². The Morgan fingerprint density at radius 1 is 1.26 bits per heavy atom. The lowest BCUT2D eigenvalue weighted by molar-refractivity contribution is -0.132. The number of rotatable bonds is 5. The molecule has 3 heteroatoms. The summed E-state index contributed by atoms with van der Waals surface area (Å²) in [4.78, 5) is 15.7. The molecule has 3 aliphatic carbocycles. The van der Waals surface area contributed by atoms with Crippen molar-refractivity contribution in [2.45, 2.75) is 69.7 Å². The van der Waals surface area contributed by atoms with Crippen LogP contribution in [0.15, 0.2) is 18.2 Å². The van der Waals surface area contributed by atoms with Crippen LogP contribution < -0.4 is 4.74 Å². The third-order valence-corrected chi connectivity index (χ3v) is 8.01. The van der Waals surface area contributed by atoms with Gasteiger partial charge < -0.3 is 4.74 Å². The third-order valence-electron chi connectivity index (χ3n) is 8.01. The molecule has 0 amide bonds. The summed E-state index contributed by atoms with van der Waals surface area (Å²) in [6, 6.07) is 7.31. The maximum Gasteiger partial charge on any atom is 0.134 e. The molecule has 1 saturated heterocycles. The van der Waals surface area contributed by atoms with Crippen LogP contribution in [0.3, 0.4) is 0 Å². The van der Waals surface area contributed by atoms with Crippen LogP contribution in [-0.4, -0.2) is 36.9 Å². The van der Waals surface area contributed by atoms with Crippen LogP contribution >= 0.6 is 0 Å². The Balaban J connectivity index is 1.61. The van der Waals surface area contributed by atoms with E-state index >= 15 is 0 Å². The molecule has 1 aromatic carbocycles. The molecule has 5 rings (SSSR count). The van der Waals surface area contributed by atoms with Crippen LogP contribution in [0.5, 0.6) is 5.75 Å². The molecule has 4 atom stereocenters. The number of benzene rings is 1. The van der Waals surface area contributed by atoms with E-state index in [1.54, 1.807) is 7.11 Å². The molecule has 2 saturated carbocycles.